The highest BCUT2D eigenvalue weighted by molar-refractivity contribution is 6.10. The summed E-state index contributed by atoms with van der Waals surface area (Å²) in [6, 6.07) is 13.2. The smallest absolute Gasteiger partial charge is 0.259 e. The Morgan fingerprint density at radius 1 is 1.03 bits per heavy atom. The van der Waals surface area contributed by atoms with Gasteiger partial charge >= 0.3 is 0 Å². The molecule has 0 aliphatic carbocycles. The highest BCUT2D eigenvalue weighted by Crippen LogP contribution is 2.32. The summed E-state index contributed by atoms with van der Waals surface area (Å²) < 4.78 is 2.02. The van der Waals surface area contributed by atoms with Gasteiger partial charge in [-0.05, 0) is 31.0 Å². The molecule has 0 bridgehead atoms. The maximum absolute atomic E-state index is 12.9. The summed E-state index contributed by atoms with van der Waals surface area (Å²) in [5.41, 5.74) is 2.86. The van der Waals surface area contributed by atoms with Crippen LogP contribution in [0.5, 0.6) is 0 Å². The van der Waals surface area contributed by atoms with E-state index in [4.69, 9.17) is 0 Å². The Kier molecular flexibility index (Phi) is 4.16. The van der Waals surface area contributed by atoms with Crippen LogP contribution in [-0.2, 0) is 4.79 Å². The Balaban J connectivity index is 1.24. The summed E-state index contributed by atoms with van der Waals surface area (Å²) in [7, 11) is 0. The summed E-state index contributed by atoms with van der Waals surface area (Å²) in [5.74, 6) is 1.02. The number of carbonyl (C=O) groups excluding carboxylic acids is 2. The lowest BCUT2D eigenvalue weighted by Crippen LogP contribution is -2.43. The highest BCUT2D eigenvalue weighted by atomic mass is 16.2. The third-order valence-corrected chi connectivity index (χ3v) is 5.89. The van der Waals surface area contributed by atoms with Crippen LogP contribution in [0, 0.1) is 0 Å². The molecule has 5 rings (SSSR count). The molecule has 0 unspecified atom stereocenters. The summed E-state index contributed by atoms with van der Waals surface area (Å²) in [6.07, 6.45) is 3.64. The zero-order valence-corrected chi connectivity index (χ0v) is 16.0. The molecule has 2 amide bonds. The number of hydrogen-bond acceptors (Lipinski definition) is 4. The SMILES string of the molecule is C=C1c2ccccc2C(=O)N1CC(=O)N1CCC(c2nnc3ccccn23)CC1. The maximum atomic E-state index is 12.9. The van der Waals surface area contributed by atoms with Crippen LogP contribution in [0.4, 0.5) is 0 Å². The van der Waals surface area contributed by atoms with E-state index in [-0.39, 0.29) is 24.3 Å². The molecule has 1 fully saturated rings. The summed E-state index contributed by atoms with van der Waals surface area (Å²) in [4.78, 5) is 28.8. The summed E-state index contributed by atoms with van der Waals surface area (Å²) in [5, 5.41) is 8.59. The van der Waals surface area contributed by atoms with Crippen LogP contribution >= 0.6 is 0 Å². The Bertz CT molecular complexity index is 1090. The topological polar surface area (TPSA) is 70.8 Å². The van der Waals surface area contributed by atoms with Crippen LogP contribution in [0.1, 0.15) is 40.5 Å². The Hall–Kier alpha value is -3.48. The fraction of sp³-hybridized carbons (Fsp3) is 0.273. The average molecular weight is 387 g/mol. The normalized spacial score (nSPS) is 17.2. The van der Waals surface area contributed by atoms with Gasteiger partial charge < -0.3 is 4.90 Å². The number of amides is 2. The van der Waals surface area contributed by atoms with Crippen molar-refractivity contribution in [2.75, 3.05) is 19.6 Å². The lowest BCUT2D eigenvalue weighted by atomic mass is 9.96. The summed E-state index contributed by atoms with van der Waals surface area (Å²) in [6.45, 7) is 5.34. The van der Waals surface area contributed by atoms with E-state index in [0.717, 1.165) is 29.9 Å². The number of benzene rings is 1. The first-order chi connectivity index (χ1) is 14.1. The number of aromatic nitrogens is 3. The van der Waals surface area contributed by atoms with Crippen molar-refractivity contribution in [1.82, 2.24) is 24.4 Å². The Morgan fingerprint density at radius 2 is 1.76 bits per heavy atom. The number of likely N-dealkylation sites (tertiary alicyclic amines) is 1. The molecule has 0 saturated carbocycles. The van der Waals surface area contributed by atoms with Gasteiger partial charge in [-0.2, -0.15) is 0 Å². The van der Waals surface area contributed by atoms with Gasteiger partial charge in [0.1, 0.15) is 12.4 Å². The first-order valence-corrected chi connectivity index (χ1v) is 9.81. The number of hydrogen-bond donors (Lipinski definition) is 0. The van der Waals surface area contributed by atoms with E-state index in [1.165, 1.54) is 4.90 Å². The van der Waals surface area contributed by atoms with Crippen molar-refractivity contribution in [3.63, 3.8) is 0 Å². The van der Waals surface area contributed by atoms with E-state index in [1.54, 1.807) is 6.07 Å². The van der Waals surface area contributed by atoms with Gasteiger partial charge in [0.2, 0.25) is 5.91 Å². The number of fused-ring (bicyclic) bond motifs is 2. The van der Waals surface area contributed by atoms with Gasteiger partial charge in [-0.25, -0.2) is 0 Å². The first kappa shape index (κ1) is 17.6. The van der Waals surface area contributed by atoms with E-state index >= 15 is 0 Å². The minimum Gasteiger partial charge on any atom is -0.341 e. The Morgan fingerprint density at radius 3 is 2.52 bits per heavy atom. The summed E-state index contributed by atoms with van der Waals surface area (Å²) >= 11 is 0. The van der Waals surface area contributed by atoms with Crippen molar-refractivity contribution in [3.05, 3.63) is 72.2 Å². The molecule has 1 aromatic carbocycles. The molecule has 29 heavy (non-hydrogen) atoms. The molecule has 7 heteroatoms. The maximum Gasteiger partial charge on any atom is 0.259 e. The molecule has 2 aliphatic heterocycles. The van der Waals surface area contributed by atoms with Crippen LogP contribution in [0.3, 0.4) is 0 Å². The van der Waals surface area contributed by atoms with Gasteiger partial charge in [-0.15, -0.1) is 10.2 Å². The van der Waals surface area contributed by atoms with Crippen LogP contribution in [0.2, 0.25) is 0 Å². The van der Waals surface area contributed by atoms with Gasteiger partial charge in [0.25, 0.3) is 5.91 Å². The third kappa shape index (κ3) is 2.90. The second-order valence-electron chi connectivity index (χ2n) is 7.53. The molecule has 0 radical (unpaired) electrons. The second kappa shape index (κ2) is 6.84. The van der Waals surface area contributed by atoms with E-state index in [0.29, 0.717) is 24.4 Å². The largest absolute Gasteiger partial charge is 0.341 e. The van der Waals surface area contributed by atoms with E-state index < -0.39 is 0 Å². The van der Waals surface area contributed by atoms with E-state index in [9.17, 15) is 9.59 Å². The molecule has 3 aromatic rings. The predicted molar refractivity (Wildman–Crippen MR) is 108 cm³/mol. The van der Waals surface area contributed by atoms with Gasteiger partial charge in [0.05, 0.1) is 0 Å². The third-order valence-electron chi connectivity index (χ3n) is 5.89. The molecule has 146 valence electrons. The van der Waals surface area contributed by atoms with E-state index in [1.807, 2.05) is 51.9 Å². The van der Waals surface area contributed by atoms with Crippen molar-refractivity contribution in [1.29, 1.82) is 0 Å². The standard InChI is InChI=1S/C22H21N5O2/c1-15-17-6-2-3-7-18(17)22(29)27(15)14-20(28)25-12-9-16(10-13-25)21-24-23-19-8-4-5-11-26(19)21/h2-8,11,16H,1,9-10,12-14H2. The molecule has 2 aliphatic rings. The zero-order chi connectivity index (χ0) is 20.0. The van der Waals surface area contributed by atoms with Crippen molar-refractivity contribution >= 4 is 23.2 Å². The molecule has 1 saturated heterocycles. The number of pyridine rings is 1. The second-order valence-corrected chi connectivity index (χ2v) is 7.53. The monoisotopic (exact) mass is 387 g/mol. The van der Waals surface area contributed by atoms with Crippen LogP contribution in [0.15, 0.2) is 55.2 Å². The highest BCUT2D eigenvalue weighted by Gasteiger charge is 2.34. The lowest BCUT2D eigenvalue weighted by molar-refractivity contribution is -0.132. The molecule has 7 nitrogen and oxygen atoms in total. The average Bonchev–Trinajstić information content (AvgIpc) is 3.29. The molecule has 0 spiro atoms. The zero-order valence-electron chi connectivity index (χ0n) is 16.0. The fourth-order valence-corrected chi connectivity index (χ4v) is 4.26. The predicted octanol–water partition coefficient (Wildman–Crippen LogP) is 2.56. The molecule has 0 N–H and O–H groups in total. The number of piperidine rings is 1. The van der Waals surface area contributed by atoms with Gasteiger partial charge in [-0.1, -0.05) is 30.8 Å². The number of carbonyl (C=O) groups is 2. The fourth-order valence-electron chi connectivity index (χ4n) is 4.26. The van der Waals surface area contributed by atoms with Gasteiger partial charge in [-0.3, -0.25) is 18.9 Å². The van der Waals surface area contributed by atoms with Crippen molar-refractivity contribution in [2.24, 2.45) is 0 Å². The van der Waals surface area contributed by atoms with Crippen LogP contribution < -0.4 is 0 Å². The van der Waals surface area contributed by atoms with E-state index in [2.05, 4.69) is 16.8 Å². The molecular weight excluding hydrogens is 366 g/mol. The van der Waals surface area contributed by atoms with Crippen LogP contribution in [0.25, 0.3) is 11.3 Å². The van der Waals surface area contributed by atoms with Crippen molar-refractivity contribution < 1.29 is 9.59 Å². The van der Waals surface area contributed by atoms with Crippen molar-refractivity contribution in [3.8, 4) is 0 Å². The minimum absolute atomic E-state index is 0.0326. The van der Waals surface area contributed by atoms with Gasteiger partial charge in [0, 0.05) is 42.0 Å². The minimum atomic E-state index is -0.149. The molecular formula is C22H21N5O2. The lowest BCUT2D eigenvalue weighted by Gasteiger charge is -2.32. The molecule has 4 heterocycles. The molecule has 2 aromatic heterocycles. The van der Waals surface area contributed by atoms with Crippen molar-refractivity contribution in [2.45, 2.75) is 18.8 Å². The first-order valence-electron chi connectivity index (χ1n) is 9.81. The van der Waals surface area contributed by atoms with Gasteiger partial charge in [0.15, 0.2) is 5.65 Å². The molecule has 0 atom stereocenters. The number of rotatable bonds is 3. The quantitative estimate of drug-likeness (QED) is 0.693. The Labute approximate surface area is 168 Å². The van der Waals surface area contributed by atoms with Crippen LogP contribution in [-0.4, -0.2) is 55.8 Å². The number of nitrogens with zero attached hydrogens (tertiary/aromatic N) is 5.